The molecule has 1 aromatic heterocycles. The highest BCUT2D eigenvalue weighted by Crippen LogP contribution is 2.35. The maximum absolute atomic E-state index is 12.8. The zero-order valence-corrected chi connectivity index (χ0v) is 20.7. The topological polar surface area (TPSA) is 65.5 Å². The second-order valence-corrected chi connectivity index (χ2v) is 10.2. The minimum atomic E-state index is -0.204. The molecule has 7 heteroatoms. The van der Waals surface area contributed by atoms with Crippen molar-refractivity contribution in [2.75, 3.05) is 25.0 Å². The molecule has 0 bridgehead atoms. The predicted molar refractivity (Wildman–Crippen MR) is 131 cm³/mol. The van der Waals surface area contributed by atoms with Crippen LogP contribution in [0.3, 0.4) is 0 Å². The van der Waals surface area contributed by atoms with Gasteiger partial charge in [-0.15, -0.1) is 0 Å². The van der Waals surface area contributed by atoms with Crippen LogP contribution < -0.4 is 5.32 Å². The fourth-order valence-electron chi connectivity index (χ4n) is 4.91. The maximum Gasteiger partial charge on any atom is 0.257 e. The van der Waals surface area contributed by atoms with Crippen molar-refractivity contribution in [1.29, 1.82) is 0 Å². The van der Waals surface area contributed by atoms with Gasteiger partial charge in [-0.2, -0.15) is 0 Å². The molecule has 0 spiro atoms. The number of anilines is 1. The Labute approximate surface area is 201 Å². The Morgan fingerprint density at radius 1 is 1.15 bits per heavy atom. The normalized spacial score (nSPS) is 23.2. The first-order valence-electron chi connectivity index (χ1n) is 11.8. The molecular weight excluding hydrogens is 436 g/mol. The second kappa shape index (κ2) is 9.82. The van der Waals surface area contributed by atoms with Crippen molar-refractivity contribution in [3.8, 4) is 0 Å². The van der Waals surface area contributed by atoms with Gasteiger partial charge in [0.15, 0.2) is 0 Å². The van der Waals surface area contributed by atoms with Crippen LogP contribution in [0.15, 0.2) is 30.5 Å². The molecule has 1 aliphatic heterocycles. The third-order valence-corrected chi connectivity index (χ3v) is 7.23. The number of nitrogens with one attached hydrogen (secondary N) is 1. The average Bonchev–Trinajstić information content (AvgIpc) is 2.75. The predicted octanol–water partition coefficient (Wildman–Crippen LogP) is 4.68. The summed E-state index contributed by atoms with van der Waals surface area (Å²) in [5.41, 5.74) is 4.18. The van der Waals surface area contributed by atoms with E-state index in [1.54, 1.807) is 18.3 Å². The number of pyridine rings is 1. The zero-order valence-electron chi connectivity index (χ0n) is 19.9. The van der Waals surface area contributed by atoms with Gasteiger partial charge in [-0.05, 0) is 74.9 Å². The van der Waals surface area contributed by atoms with Crippen molar-refractivity contribution >= 4 is 29.1 Å². The SMILES string of the molecule is Cc1ccc(C(=O)Nc2cc(Cl)cc(CN3CCN(C(=O)C4CC(C)C4)[C@@H](C)C3)c2C)cn1. The van der Waals surface area contributed by atoms with Gasteiger partial charge in [0, 0.05) is 60.7 Å². The first-order chi connectivity index (χ1) is 15.7. The van der Waals surface area contributed by atoms with Gasteiger partial charge in [-0.25, -0.2) is 0 Å². The Hall–Kier alpha value is -2.44. The number of piperazine rings is 1. The highest BCUT2D eigenvalue weighted by atomic mass is 35.5. The lowest BCUT2D eigenvalue weighted by Gasteiger charge is -2.44. The standard InChI is InChI=1S/C26H33ClN4O2/c1-16-9-21(10-16)26(33)31-8-7-30(14-18(31)3)15-22-11-23(27)12-24(19(22)4)29-25(32)20-6-5-17(2)28-13-20/h5-6,11-13,16,18,21H,7-10,14-15H2,1-4H3,(H,29,32)/t16?,18-,21?/m0/s1. The number of hydrogen-bond acceptors (Lipinski definition) is 4. The largest absolute Gasteiger partial charge is 0.337 e. The molecule has 1 aliphatic carbocycles. The van der Waals surface area contributed by atoms with E-state index in [0.717, 1.165) is 55.8 Å². The lowest BCUT2D eigenvalue weighted by molar-refractivity contribution is -0.144. The Morgan fingerprint density at radius 3 is 2.55 bits per heavy atom. The highest BCUT2D eigenvalue weighted by molar-refractivity contribution is 6.31. The van der Waals surface area contributed by atoms with Crippen molar-refractivity contribution in [1.82, 2.24) is 14.8 Å². The van der Waals surface area contributed by atoms with Crippen LogP contribution >= 0.6 is 11.6 Å². The summed E-state index contributed by atoms with van der Waals surface area (Å²) in [6, 6.07) is 7.54. The summed E-state index contributed by atoms with van der Waals surface area (Å²) in [6.07, 6.45) is 3.64. The van der Waals surface area contributed by atoms with Gasteiger partial charge in [-0.3, -0.25) is 19.5 Å². The summed E-state index contributed by atoms with van der Waals surface area (Å²) in [7, 11) is 0. The van der Waals surface area contributed by atoms with Crippen LogP contribution in [0.4, 0.5) is 5.69 Å². The summed E-state index contributed by atoms with van der Waals surface area (Å²) < 4.78 is 0. The van der Waals surface area contributed by atoms with E-state index in [2.05, 4.69) is 33.9 Å². The zero-order chi connectivity index (χ0) is 23.7. The lowest BCUT2D eigenvalue weighted by atomic mass is 9.75. The van der Waals surface area contributed by atoms with Crippen LogP contribution in [-0.2, 0) is 11.3 Å². The molecule has 1 saturated carbocycles. The van der Waals surface area contributed by atoms with Crippen LogP contribution in [0, 0.1) is 25.7 Å². The van der Waals surface area contributed by atoms with Gasteiger partial charge >= 0.3 is 0 Å². The number of aromatic nitrogens is 1. The molecule has 2 aromatic rings. The Morgan fingerprint density at radius 2 is 1.91 bits per heavy atom. The van der Waals surface area contributed by atoms with Gasteiger partial charge in [0.1, 0.15) is 0 Å². The number of halogens is 1. The molecule has 1 aromatic carbocycles. The first-order valence-corrected chi connectivity index (χ1v) is 12.1. The highest BCUT2D eigenvalue weighted by Gasteiger charge is 2.37. The number of aryl methyl sites for hydroxylation is 1. The maximum atomic E-state index is 12.8. The smallest absolute Gasteiger partial charge is 0.257 e. The molecule has 4 rings (SSSR count). The van der Waals surface area contributed by atoms with E-state index in [1.807, 2.05) is 26.0 Å². The van der Waals surface area contributed by atoms with Gasteiger partial charge < -0.3 is 10.2 Å². The number of amides is 2. The molecule has 2 heterocycles. The Balaban J connectivity index is 1.41. The summed E-state index contributed by atoms with van der Waals surface area (Å²) in [4.78, 5) is 34.2. The van der Waals surface area contributed by atoms with E-state index >= 15 is 0 Å². The molecule has 6 nitrogen and oxygen atoms in total. The molecule has 1 saturated heterocycles. The van der Waals surface area contributed by atoms with Crippen LogP contribution in [-0.4, -0.2) is 52.3 Å². The van der Waals surface area contributed by atoms with Crippen molar-refractivity contribution in [2.24, 2.45) is 11.8 Å². The van der Waals surface area contributed by atoms with Crippen molar-refractivity contribution in [3.63, 3.8) is 0 Å². The third-order valence-electron chi connectivity index (χ3n) is 7.01. The molecular formula is C26H33ClN4O2. The molecule has 2 amide bonds. The van der Waals surface area contributed by atoms with E-state index in [9.17, 15) is 9.59 Å². The quantitative estimate of drug-likeness (QED) is 0.691. The molecule has 33 heavy (non-hydrogen) atoms. The van der Waals surface area contributed by atoms with E-state index in [0.29, 0.717) is 28.1 Å². The fourth-order valence-corrected chi connectivity index (χ4v) is 5.15. The molecule has 176 valence electrons. The number of benzene rings is 1. The van der Waals surface area contributed by atoms with Crippen molar-refractivity contribution < 1.29 is 9.59 Å². The van der Waals surface area contributed by atoms with Crippen LogP contribution in [0.1, 0.15) is 53.9 Å². The molecule has 1 atom stereocenters. The Kier molecular flexibility index (Phi) is 7.05. The van der Waals surface area contributed by atoms with E-state index < -0.39 is 0 Å². The molecule has 1 N–H and O–H groups in total. The van der Waals surface area contributed by atoms with Crippen LogP contribution in [0.2, 0.25) is 5.02 Å². The lowest BCUT2D eigenvalue weighted by Crippen LogP contribution is -2.56. The van der Waals surface area contributed by atoms with Crippen molar-refractivity contribution in [2.45, 2.75) is 53.1 Å². The summed E-state index contributed by atoms with van der Waals surface area (Å²) in [6.45, 7) is 11.4. The molecule has 2 aliphatic rings. The average molecular weight is 469 g/mol. The molecule has 0 radical (unpaired) electrons. The van der Waals surface area contributed by atoms with E-state index in [-0.39, 0.29) is 17.9 Å². The van der Waals surface area contributed by atoms with E-state index in [4.69, 9.17) is 11.6 Å². The summed E-state index contributed by atoms with van der Waals surface area (Å²) >= 11 is 6.42. The van der Waals surface area contributed by atoms with E-state index in [1.165, 1.54) is 0 Å². The van der Waals surface area contributed by atoms with Gasteiger partial charge in [0.2, 0.25) is 5.91 Å². The number of carbonyl (C=O) groups excluding carboxylic acids is 2. The van der Waals surface area contributed by atoms with Crippen LogP contribution in [0.5, 0.6) is 0 Å². The third kappa shape index (κ3) is 5.39. The minimum Gasteiger partial charge on any atom is -0.337 e. The first kappa shape index (κ1) is 23.7. The van der Waals surface area contributed by atoms with Gasteiger partial charge in [0.05, 0.1) is 5.56 Å². The van der Waals surface area contributed by atoms with Gasteiger partial charge in [-0.1, -0.05) is 18.5 Å². The number of carbonyl (C=O) groups is 2. The fraction of sp³-hybridized carbons (Fsp3) is 0.500. The number of rotatable bonds is 5. The summed E-state index contributed by atoms with van der Waals surface area (Å²) in [5.74, 6) is 1.03. The monoisotopic (exact) mass is 468 g/mol. The Bertz CT molecular complexity index is 1030. The summed E-state index contributed by atoms with van der Waals surface area (Å²) in [5, 5.41) is 3.58. The van der Waals surface area contributed by atoms with Gasteiger partial charge in [0.25, 0.3) is 5.91 Å². The number of nitrogens with zero attached hydrogens (tertiary/aromatic N) is 3. The van der Waals surface area contributed by atoms with Crippen molar-refractivity contribution in [3.05, 3.63) is 57.9 Å². The van der Waals surface area contributed by atoms with Crippen LogP contribution in [0.25, 0.3) is 0 Å². The molecule has 2 fully saturated rings. The molecule has 0 unspecified atom stereocenters. The second-order valence-electron chi connectivity index (χ2n) is 9.77. The number of hydrogen-bond donors (Lipinski definition) is 1. The minimum absolute atomic E-state index is 0.190.